The van der Waals surface area contributed by atoms with Crippen LogP contribution in [0.3, 0.4) is 0 Å². The highest BCUT2D eigenvalue weighted by molar-refractivity contribution is 7.99. The summed E-state index contributed by atoms with van der Waals surface area (Å²) in [4.78, 5) is 0. The van der Waals surface area contributed by atoms with Crippen LogP contribution >= 0.6 is 11.8 Å². The van der Waals surface area contributed by atoms with Gasteiger partial charge in [0, 0.05) is 17.4 Å². The van der Waals surface area contributed by atoms with Gasteiger partial charge in [-0.25, -0.2) is 0 Å². The molecule has 0 saturated carbocycles. The van der Waals surface area contributed by atoms with Crippen molar-refractivity contribution < 1.29 is 4.74 Å². The molecule has 0 saturated heterocycles. The fourth-order valence-corrected chi connectivity index (χ4v) is 2.86. The predicted molar refractivity (Wildman–Crippen MR) is 74.8 cm³/mol. The van der Waals surface area contributed by atoms with Crippen LogP contribution in [0.15, 0.2) is 18.2 Å². The lowest BCUT2D eigenvalue weighted by molar-refractivity contribution is 0.284. The van der Waals surface area contributed by atoms with Crippen LogP contribution in [0.25, 0.3) is 0 Å². The fraction of sp³-hybridized carbons (Fsp3) is 0.571. The van der Waals surface area contributed by atoms with Crippen LogP contribution in [0.5, 0.6) is 5.75 Å². The standard InChI is InChI=1S/C14H21NOS/c1-10(2)17-9-13(15)12-7-3-5-11-6-4-8-16-14(11)12/h3,5,7,10,13H,4,6,8-9,15H2,1-2H3. The number of para-hydroxylation sites is 1. The normalized spacial score (nSPS) is 16.5. The van der Waals surface area contributed by atoms with Gasteiger partial charge in [-0.15, -0.1) is 0 Å². The molecule has 1 aromatic rings. The van der Waals surface area contributed by atoms with Crippen LogP contribution < -0.4 is 10.5 Å². The maximum atomic E-state index is 6.27. The van der Waals surface area contributed by atoms with E-state index in [1.54, 1.807) is 0 Å². The molecule has 94 valence electrons. The third kappa shape index (κ3) is 3.17. The molecule has 1 aliphatic rings. The average Bonchev–Trinajstić information content (AvgIpc) is 2.35. The molecule has 1 atom stereocenters. The summed E-state index contributed by atoms with van der Waals surface area (Å²) < 4.78 is 5.79. The van der Waals surface area contributed by atoms with Gasteiger partial charge in [0.15, 0.2) is 0 Å². The molecule has 17 heavy (non-hydrogen) atoms. The minimum atomic E-state index is 0.0791. The van der Waals surface area contributed by atoms with Crippen molar-refractivity contribution in [2.24, 2.45) is 5.73 Å². The van der Waals surface area contributed by atoms with E-state index in [0.717, 1.165) is 31.0 Å². The molecule has 2 rings (SSSR count). The Balaban J connectivity index is 2.14. The smallest absolute Gasteiger partial charge is 0.127 e. The van der Waals surface area contributed by atoms with Gasteiger partial charge >= 0.3 is 0 Å². The van der Waals surface area contributed by atoms with Crippen LogP contribution in [-0.2, 0) is 6.42 Å². The van der Waals surface area contributed by atoms with Crippen LogP contribution in [0.1, 0.15) is 37.4 Å². The highest BCUT2D eigenvalue weighted by Crippen LogP contribution is 2.33. The fourth-order valence-electron chi connectivity index (χ4n) is 2.09. The van der Waals surface area contributed by atoms with Crippen LogP contribution in [-0.4, -0.2) is 17.6 Å². The first-order valence-electron chi connectivity index (χ1n) is 6.30. The number of benzene rings is 1. The summed E-state index contributed by atoms with van der Waals surface area (Å²) >= 11 is 1.90. The molecule has 0 aromatic heterocycles. The first-order valence-corrected chi connectivity index (χ1v) is 7.35. The molecule has 2 N–H and O–H groups in total. The van der Waals surface area contributed by atoms with Gasteiger partial charge in [0.2, 0.25) is 0 Å². The molecular formula is C14H21NOS. The Bertz CT molecular complexity index is 378. The Hall–Kier alpha value is -0.670. The minimum absolute atomic E-state index is 0.0791. The number of aryl methyl sites for hydroxylation is 1. The van der Waals surface area contributed by atoms with E-state index >= 15 is 0 Å². The maximum Gasteiger partial charge on any atom is 0.127 e. The van der Waals surface area contributed by atoms with Gasteiger partial charge in [-0.05, 0) is 23.7 Å². The second-order valence-electron chi connectivity index (χ2n) is 4.78. The molecular weight excluding hydrogens is 230 g/mol. The second-order valence-corrected chi connectivity index (χ2v) is 6.39. The van der Waals surface area contributed by atoms with Crippen molar-refractivity contribution in [3.63, 3.8) is 0 Å². The lowest BCUT2D eigenvalue weighted by atomic mass is 9.99. The van der Waals surface area contributed by atoms with Gasteiger partial charge in [-0.1, -0.05) is 32.0 Å². The lowest BCUT2D eigenvalue weighted by Gasteiger charge is -2.23. The molecule has 1 heterocycles. The number of rotatable bonds is 4. The number of hydrogen-bond donors (Lipinski definition) is 1. The molecule has 1 aromatic carbocycles. The van der Waals surface area contributed by atoms with Crippen molar-refractivity contribution in [2.75, 3.05) is 12.4 Å². The summed E-state index contributed by atoms with van der Waals surface area (Å²) in [7, 11) is 0. The summed E-state index contributed by atoms with van der Waals surface area (Å²) in [5.74, 6) is 2.01. The minimum Gasteiger partial charge on any atom is -0.493 e. The summed E-state index contributed by atoms with van der Waals surface area (Å²) in [6, 6.07) is 6.44. The molecule has 3 heteroatoms. The Morgan fingerprint density at radius 3 is 3.00 bits per heavy atom. The van der Waals surface area contributed by atoms with E-state index in [-0.39, 0.29) is 6.04 Å². The predicted octanol–water partition coefficient (Wildman–Crippen LogP) is 3.15. The van der Waals surface area contributed by atoms with Crippen LogP contribution in [0.2, 0.25) is 0 Å². The Kier molecular flexibility index (Phi) is 4.35. The van der Waals surface area contributed by atoms with E-state index in [2.05, 4.69) is 32.0 Å². The summed E-state index contributed by atoms with van der Waals surface area (Å²) in [6.07, 6.45) is 2.24. The number of hydrogen-bond acceptors (Lipinski definition) is 3. The monoisotopic (exact) mass is 251 g/mol. The van der Waals surface area contributed by atoms with Gasteiger partial charge < -0.3 is 10.5 Å². The van der Waals surface area contributed by atoms with E-state index in [9.17, 15) is 0 Å². The van der Waals surface area contributed by atoms with Crippen molar-refractivity contribution in [1.29, 1.82) is 0 Å². The Labute approximate surface area is 108 Å². The zero-order valence-corrected chi connectivity index (χ0v) is 11.4. The molecule has 1 unspecified atom stereocenters. The highest BCUT2D eigenvalue weighted by atomic mass is 32.2. The van der Waals surface area contributed by atoms with Gasteiger partial charge in [0.05, 0.1) is 6.61 Å². The number of thioether (sulfide) groups is 1. The molecule has 2 nitrogen and oxygen atoms in total. The Morgan fingerprint density at radius 1 is 1.41 bits per heavy atom. The quantitative estimate of drug-likeness (QED) is 0.893. The zero-order chi connectivity index (χ0) is 12.3. The third-order valence-corrected chi connectivity index (χ3v) is 4.19. The van der Waals surface area contributed by atoms with Gasteiger partial charge in [-0.3, -0.25) is 0 Å². The van der Waals surface area contributed by atoms with Crippen LogP contribution in [0.4, 0.5) is 0 Å². The van der Waals surface area contributed by atoms with Crippen molar-refractivity contribution >= 4 is 11.8 Å². The average molecular weight is 251 g/mol. The first kappa shape index (κ1) is 12.8. The molecule has 0 radical (unpaired) electrons. The van der Waals surface area contributed by atoms with E-state index in [0.29, 0.717) is 5.25 Å². The van der Waals surface area contributed by atoms with E-state index in [4.69, 9.17) is 10.5 Å². The van der Waals surface area contributed by atoms with Gasteiger partial charge in [0.1, 0.15) is 5.75 Å². The summed E-state index contributed by atoms with van der Waals surface area (Å²) in [5, 5.41) is 0.626. The number of nitrogens with two attached hydrogens (primary N) is 1. The maximum absolute atomic E-state index is 6.27. The topological polar surface area (TPSA) is 35.2 Å². The van der Waals surface area contributed by atoms with Gasteiger partial charge in [-0.2, -0.15) is 11.8 Å². The molecule has 0 aliphatic carbocycles. The molecule has 0 amide bonds. The molecule has 0 fully saturated rings. The number of ether oxygens (including phenoxy) is 1. The van der Waals surface area contributed by atoms with Crippen molar-refractivity contribution in [2.45, 2.75) is 38.0 Å². The largest absolute Gasteiger partial charge is 0.493 e. The summed E-state index contributed by atoms with van der Waals surface area (Å²) in [6.45, 7) is 5.23. The SMILES string of the molecule is CC(C)SCC(N)c1cccc2c1OCCC2. The third-order valence-electron chi connectivity index (χ3n) is 2.97. The van der Waals surface area contributed by atoms with E-state index in [1.807, 2.05) is 11.8 Å². The number of fused-ring (bicyclic) bond motifs is 1. The second kappa shape index (κ2) is 5.78. The van der Waals surface area contributed by atoms with Crippen LogP contribution in [0, 0.1) is 0 Å². The highest BCUT2D eigenvalue weighted by Gasteiger charge is 2.18. The van der Waals surface area contributed by atoms with Crippen molar-refractivity contribution in [3.05, 3.63) is 29.3 Å². The summed E-state index contributed by atoms with van der Waals surface area (Å²) in [5.41, 5.74) is 8.76. The molecule has 0 spiro atoms. The first-order chi connectivity index (χ1) is 8.18. The molecule has 1 aliphatic heterocycles. The zero-order valence-electron chi connectivity index (χ0n) is 10.6. The van der Waals surface area contributed by atoms with Gasteiger partial charge in [0.25, 0.3) is 0 Å². The van der Waals surface area contributed by atoms with E-state index in [1.165, 1.54) is 11.1 Å². The van der Waals surface area contributed by atoms with Crippen molar-refractivity contribution in [1.82, 2.24) is 0 Å². The Morgan fingerprint density at radius 2 is 2.24 bits per heavy atom. The van der Waals surface area contributed by atoms with Crippen molar-refractivity contribution in [3.8, 4) is 5.75 Å². The lowest BCUT2D eigenvalue weighted by Crippen LogP contribution is -2.18. The van der Waals surface area contributed by atoms with E-state index < -0.39 is 0 Å². The molecule has 0 bridgehead atoms.